The number of benzene rings is 1. The van der Waals surface area contributed by atoms with Crippen molar-refractivity contribution in [1.82, 2.24) is 9.88 Å². The van der Waals surface area contributed by atoms with Gasteiger partial charge in [0.2, 0.25) is 0 Å². The number of fused-ring (bicyclic) bond motifs is 1. The van der Waals surface area contributed by atoms with E-state index in [2.05, 4.69) is 4.98 Å². The smallest absolute Gasteiger partial charge is 0.410 e. The molecule has 1 aromatic heterocycles. The summed E-state index contributed by atoms with van der Waals surface area (Å²) in [6.07, 6.45) is 1.54. The molecule has 0 unspecified atom stereocenters. The van der Waals surface area contributed by atoms with Gasteiger partial charge < -0.3 is 14.1 Å². The normalized spacial score (nSPS) is 17.7. The van der Waals surface area contributed by atoms with Crippen LogP contribution in [0.25, 0.3) is 11.1 Å². The van der Waals surface area contributed by atoms with Gasteiger partial charge in [-0.1, -0.05) is 11.8 Å². The molecule has 1 fully saturated rings. The Kier molecular flexibility index (Phi) is 5.08. The molecule has 1 amide bonds. The van der Waals surface area contributed by atoms with E-state index in [0.29, 0.717) is 28.6 Å². The number of thioether (sulfide) groups is 1. The van der Waals surface area contributed by atoms with Crippen molar-refractivity contribution in [3.05, 3.63) is 28.3 Å². The van der Waals surface area contributed by atoms with Crippen LogP contribution in [0.2, 0.25) is 0 Å². The quantitative estimate of drug-likeness (QED) is 0.445. The van der Waals surface area contributed by atoms with E-state index in [1.165, 1.54) is 23.9 Å². The lowest BCUT2D eigenvalue weighted by molar-refractivity contribution is -0.384. The molecule has 2 heterocycles. The number of nitro benzene ring substituents is 1. The molecule has 0 radical (unpaired) electrons. The number of hydrogen-bond donors (Lipinski definition) is 0. The first kappa shape index (κ1) is 18.5. The molecule has 9 heteroatoms. The van der Waals surface area contributed by atoms with Crippen LogP contribution in [0.3, 0.4) is 0 Å². The van der Waals surface area contributed by atoms with Crippen LogP contribution in [0.15, 0.2) is 27.8 Å². The second-order valence-corrected chi connectivity index (χ2v) is 8.14. The number of hydrogen-bond acceptors (Lipinski definition) is 7. The number of amides is 1. The van der Waals surface area contributed by atoms with Crippen molar-refractivity contribution in [3.8, 4) is 0 Å². The predicted molar refractivity (Wildman–Crippen MR) is 97.3 cm³/mol. The van der Waals surface area contributed by atoms with Gasteiger partial charge in [0, 0.05) is 30.5 Å². The molecule has 3 rings (SSSR count). The average Bonchev–Trinajstić information content (AvgIpc) is 3.16. The number of likely N-dealkylation sites (tertiary alicyclic amines) is 1. The third kappa shape index (κ3) is 4.27. The van der Waals surface area contributed by atoms with Crippen molar-refractivity contribution >= 4 is 34.6 Å². The lowest BCUT2D eigenvalue weighted by atomic mass is 10.2. The molecule has 1 aromatic carbocycles. The molecule has 2 aromatic rings. The second-order valence-electron chi connectivity index (χ2n) is 7.17. The molecule has 140 valence electrons. The van der Waals surface area contributed by atoms with E-state index in [0.717, 1.165) is 12.8 Å². The number of nitro groups is 1. The maximum atomic E-state index is 12.3. The van der Waals surface area contributed by atoms with Gasteiger partial charge in [0.1, 0.15) is 11.1 Å². The first-order valence-electron chi connectivity index (χ1n) is 8.40. The Balaban J connectivity index is 1.65. The van der Waals surface area contributed by atoms with E-state index < -0.39 is 10.5 Å². The highest BCUT2D eigenvalue weighted by molar-refractivity contribution is 7.99. The highest BCUT2D eigenvalue weighted by Gasteiger charge is 2.32. The van der Waals surface area contributed by atoms with Crippen molar-refractivity contribution in [2.45, 2.75) is 50.5 Å². The van der Waals surface area contributed by atoms with E-state index >= 15 is 0 Å². The van der Waals surface area contributed by atoms with Crippen LogP contribution in [0, 0.1) is 10.1 Å². The van der Waals surface area contributed by atoms with Crippen LogP contribution in [0.4, 0.5) is 10.5 Å². The highest BCUT2D eigenvalue weighted by Crippen LogP contribution is 2.30. The zero-order chi connectivity index (χ0) is 18.9. The predicted octanol–water partition coefficient (Wildman–Crippen LogP) is 4.23. The van der Waals surface area contributed by atoms with Gasteiger partial charge in [0.15, 0.2) is 5.58 Å². The summed E-state index contributed by atoms with van der Waals surface area (Å²) in [7, 11) is 0. The minimum absolute atomic E-state index is 0.0192. The fraction of sp³-hybridized carbons (Fsp3) is 0.529. The molecule has 0 N–H and O–H groups in total. The molecular formula is C17H21N3O5S. The molecule has 0 spiro atoms. The standard InChI is InChI=1S/C17H21N3O5S/c1-17(2,3)25-16(21)19-8-4-5-12(19)10-26-15-18-13-9-11(20(22)23)6-7-14(13)24-15/h6-7,9,12H,4-5,8,10H2,1-3H3/t12-/m0/s1. The molecule has 8 nitrogen and oxygen atoms in total. The third-order valence-electron chi connectivity index (χ3n) is 3.97. The molecule has 0 saturated carbocycles. The number of carbonyl (C=O) groups is 1. The van der Waals surface area contributed by atoms with Crippen LogP contribution >= 0.6 is 11.8 Å². The lowest BCUT2D eigenvalue weighted by Gasteiger charge is -2.28. The number of ether oxygens (including phenoxy) is 1. The minimum atomic E-state index is -0.521. The number of non-ortho nitro benzene ring substituents is 1. The van der Waals surface area contributed by atoms with E-state index in [1.807, 2.05) is 20.8 Å². The molecule has 1 saturated heterocycles. The molecular weight excluding hydrogens is 358 g/mol. The van der Waals surface area contributed by atoms with Gasteiger partial charge in [-0.05, 0) is 39.7 Å². The van der Waals surface area contributed by atoms with E-state index in [4.69, 9.17) is 9.15 Å². The Bertz CT molecular complexity index is 829. The van der Waals surface area contributed by atoms with E-state index in [9.17, 15) is 14.9 Å². The van der Waals surface area contributed by atoms with E-state index in [1.54, 1.807) is 11.0 Å². The van der Waals surface area contributed by atoms with Crippen molar-refractivity contribution in [3.63, 3.8) is 0 Å². The number of rotatable bonds is 4. The molecule has 1 aliphatic heterocycles. The number of carbonyl (C=O) groups excluding carboxylic acids is 1. The first-order valence-corrected chi connectivity index (χ1v) is 9.39. The van der Waals surface area contributed by atoms with Crippen LogP contribution in [-0.4, -0.2) is 44.8 Å². The zero-order valence-corrected chi connectivity index (χ0v) is 15.7. The van der Waals surface area contributed by atoms with Crippen molar-refractivity contribution in [2.75, 3.05) is 12.3 Å². The summed E-state index contributed by atoms with van der Waals surface area (Å²) in [5, 5.41) is 11.3. The summed E-state index contributed by atoms with van der Waals surface area (Å²) in [5.41, 5.74) is 0.423. The average molecular weight is 379 g/mol. The van der Waals surface area contributed by atoms with Crippen LogP contribution in [-0.2, 0) is 4.74 Å². The van der Waals surface area contributed by atoms with Gasteiger partial charge >= 0.3 is 6.09 Å². The van der Waals surface area contributed by atoms with Crippen molar-refractivity contribution in [2.24, 2.45) is 0 Å². The zero-order valence-electron chi connectivity index (χ0n) is 14.9. The number of aromatic nitrogens is 1. The Morgan fingerprint density at radius 3 is 2.96 bits per heavy atom. The third-order valence-corrected chi connectivity index (χ3v) is 4.94. The Morgan fingerprint density at radius 2 is 2.27 bits per heavy atom. The van der Waals surface area contributed by atoms with Crippen molar-refractivity contribution in [1.29, 1.82) is 0 Å². The summed E-state index contributed by atoms with van der Waals surface area (Å²) in [6.45, 7) is 6.23. The van der Waals surface area contributed by atoms with Gasteiger partial charge in [-0.15, -0.1) is 0 Å². The highest BCUT2D eigenvalue weighted by atomic mass is 32.2. The second kappa shape index (κ2) is 7.14. The van der Waals surface area contributed by atoms with Gasteiger partial charge in [0.05, 0.1) is 4.92 Å². The fourth-order valence-corrected chi connectivity index (χ4v) is 3.80. The summed E-state index contributed by atoms with van der Waals surface area (Å²) >= 11 is 1.40. The summed E-state index contributed by atoms with van der Waals surface area (Å²) in [5.74, 6) is 0.633. The Morgan fingerprint density at radius 1 is 1.50 bits per heavy atom. The molecule has 0 aliphatic carbocycles. The lowest BCUT2D eigenvalue weighted by Crippen LogP contribution is -2.40. The van der Waals surface area contributed by atoms with Gasteiger partial charge in [-0.2, -0.15) is 0 Å². The molecule has 1 aliphatic rings. The molecule has 1 atom stereocenters. The summed E-state index contributed by atoms with van der Waals surface area (Å²) in [4.78, 5) is 28.8. The van der Waals surface area contributed by atoms with Crippen LogP contribution in [0.1, 0.15) is 33.6 Å². The number of nitrogens with zero attached hydrogens (tertiary/aromatic N) is 3. The topological polar surface area (TPSA) is 98.7 Å². The maximum absolute atomic E-state index is 12.3. The van der Waals surface area contributed by atoms with Gasteiger partial charge in [-0.3, -0.25) is 10.1 Å². The van der Waals surface area contributed by atoms with Gasteiger partial charge in [-0.25, -0.2) is 9.78 Å². The van der Waals surface area contributed by atoms with Crippen LogP contribution in [0.5, 0.6) is 0 Å². The van der Waals surface area contributed by atoms with E-state index in [-0.39, 0.29) is 17.8 Å². The van der Waals surface area contributed by atoms with Crippen molar-refractivity contribution < 1.29 is 18.9 Å². The molecule has 26 heavy (non-hydrogen) atoms. The Labute approximate surface area is 155 Å². The monoisotopic (exact) mass is 379 g/mol. The summed E-state index contributed by atoms with van der Waals surface area (Å²) < 4.78 is 11.1. The largest absolute Gasteiger partial charge is 0.444 e. The minimum Gasteiger partial charge on any atom is -0.444 e. The first-order chi connectivity index (χ1) is 12.2. The molecule has 0 bridgehead atoms. The summed E-state index contributed by atoms with van der Waals surface area (Å²) in [6, 6.07) is 4.39. The Hall–Kier alpha value is -2.29. The maximum Gasteiger partial charge on any atom is 0.410 e. The number of oxazole rings is 1. The van der Waals surface area contributed by atoms with Crippen LogP contribution < -0.4 is 0 Å². The van der Waals surface area contributed by atoms with Gasteiger partial charge in [0.25, 0.3) is 10.9 Å². The SMILES string of the molecule is CC(C)(C)OC(=O)N1CCC[C@H]1CSc1nc2cc([N+](=O)[O-])ccc2o1. The fourth-order valence-electron chi connectivity index (χ4n) is 2.81.